The molecule has 0 bridgehead atoms. The van der Waals surface area contributed by atoms with Crippen molar-refractivity contribution in [3.8, 4) is 0 Å². The largest absolute Gasteiger partial charge is 0.348 e. The summed E-state index contributed by atoms with van der Waals surface area (Å²) >= 11 is 0. The maximum atomic E-state index is 11.8. The number of amides is 1. The van der Waals surface area contributed by atoms with Gasteiger partial charge in [0, 0.05) is 0 Å². The molecule has 3 heteroatoms. The van der Waals surface area contributed by atoms with Crippen LogP contribution in [0.2, 0.25) is 0 Å². The van der Waals surface area contributed by atoms with E-state index in [1.165, 1.54) is 24.0 Å². The number of carbonyl (C=O) groups excluding carboxylic acids is 1. The summed E-state index contributed by atoms with van der Waals surface area (Å²) < 4.78 is 0. The molecule has 0 radical (unpaired) electrons. The molecule has 2 N–H and O–H groups in total. The van der Waals surface area contributed by atoms with E-state index in [1.807, 2.05) is 19.1 Å². The minimum absolute atomic E-state index is 0.0708. The molecule has 1 saturated carbocycles. The Bertz CT molecular complexity index is 413. The summed E-state index contributed by atoms with van der Waals surface area (Å²) in [7, 11) is 0. The highest BCUT2D eigenvalue weighted by molar-refractivity contribution is 5.78. The Labute approximate surface area is 109 Å². The number of carbonyl (C=O) groups is 1. The van der Waals surface area contributed by atoms with Crippen LogP contribution in [-0.4, -0.2) is 19.0 Å². The van der Waals surface area contributed by atoms with E-state index in [0.717, 1.165) is 12.5 Å². The van der Waals surface area contributed by atoms with Gasteiger partial charge in [-0.2, -0.15) is 0 Å². The fraction of sp³-hybridized carbons (Fsp3) is 0.533. The van der Waals surface area contributed by atoms with Crippen LogP contribution in [0, 0.1) is 12.8 Å². The molecular weight excluding hydrogens is 224 g/mol. The van der Waals surface area contributed by atoms with E-state index in [4.69, 9.17) is 0 Å². The number of aryl methyl sites for hydroxylation is 1. The van der Waals surface area contributed by atoms with Gasteiger partial charge in [-0.05, 0) is 50.3 Å². The van der Waals surface area contributed by atoms with Gasteiger partial charge in [0.2, 0.25) is 5.91 Å². The van der Waals surface area contributed by atoms with Crippen molar-refractivity contribution in [1.82, 2.24) is 10.6 Å². The van der Waals surface area contributed by atoms with Crippen molar-refractivity contribution in [1.29, 1.82) is 0 Å². The molecule has 0 aliphatic heterocycles. The van der Waals surface area contributed by atoms with Gasteiger partial charge in [-0.1, -0.05) is 24.3 Å². The summed E-state index contributed by atoms with van der Waals surface area (Å²) in [6.45, 7) is 5.50. The van der Waals surface area contributed by atoms with E-state index in [1.54, 1.807) is 0 Å². The molecule has 18 heavy (non-hydrogen) atoms. The Balaban J connectivity index is 1.77. The predicted molar refractivity (Wildman–Crippen MR) is 73.3 cm³/mol. The van der Waals surface area contributed by atoms with Crippen LogP contribution in [-0.2, 0) is 4.79 Å². The predicted octanol–water partition coefficient (Wildman–Crippen LogP) is 2.17. The van der Waals surface area contributed by atoms with Gasteiger partial charge in [0.25, 0.3) is 0 Å². The van der Waals surface area contributed by atoms with Crippen LogP contribution in [0.25, 0.3) is 0 Å². The van der Waals surface area contributed by atoms with Crippen molar-refractivity contribution >= 4 is 5.91 Å². The number of nitrogens with one attached hydrogen (secondary N) is 2. The Morgan fingerprint density at radius 3 is 2.78 bits per heavy atom. The SMILES string of the molecule is Cc1ccccc1[C@H](C)NC(=O)CNCC1CC1. The molecule has 98 valence electrons. The minimum atomic E-state index is 0.0708. The highest BCUT2D eigenvalue weighted by Gasteiger charge is 2.20. The number of rotatable bonds is 6. The van der Waals surface area contributed by atoms with E-state index >= 15 is 0 Å². The standard InChI is InChI=1S/C15H22N2O/c1-11-5-3-4-6-14(11)12(2)17-15(18)10-16-9-13-7-8-13/h3-6,12-13,16H,7-10H2,1-2H3,(H,17,18)/t12-/m0/s1. The first-order valence-electron chi connectivity index (χ1n) is 6.72. The second-order valence-electron chi connectivity index (χ2n) is 5.22. The molecule has 2 rings (SSSR count). The molecule has 3 nitrogen and oxygen atoms in total. The van der Waals surface area contributed by atoms with Crippen LogP contribution in [0.15, 0.2) is 24.3 Å². The molecular formula is C15H22N2O. The third-order valence-electron chi connectivity index (χ3n) is 3.45. The molecule has 1 fully saturated rings. The van der Waals surface area contributed by atoms with Crippen LogP contribution < -0.4 is 10.6 Å². The molecule has 1 aliphatic carbocycles. The van der Waals surface area contributed by atoms with E-state index in [2.05, 4.69) is 29.7 Å². The zero-order chi connectivity index (χ0) is 13.0. The number of hydrogen-bond donors (Lipinski definition) is 2. The van der Waals surface area contributed by atoms with Gasteiger partial charge in [0.15, 0.2) is 0 Å². The number of benzene rings is 1. The van der Waals surface area contributed by atoms with Gasteiger partial charge >= 0.3 is 0 Å². The molecule has 0 unspecified atom stereocenters. The second-order valence-corrected chi connectivity index (χ2v) is 5.22. The van der Waals surface area contributed by atoms with Crippen LogP contribution in [0.4, 0.5) is 0 Å². The van der Waals surface area contributed by atoms with E-state index in [9.17, 15) is 4.79 Å². The van der Waals surface area contributed by atoms with Gasteiger partial charge in [0.1, 0.15) is 0 Å². The molecule has 1 atom stereocenters. The quantitative estimate of drug-likeness (QED) is 0.807. The highest BCUT2D eigenvalue weighted by atomic mass is 16.1. The Morgan fingerprint density at radius 1 is 1.39 bits per heavy atom. The lowest BCUT2D eigenvalue weighted by Gasteiger charge is -2.16. The maximum Gasteiger partial charge on any atom is 0.234 e. The van der Waals surface area contributed by atoms with E-state index in [-0.39, 0.29) is 11.9 Å². The van der Waals surface area contributed by atoms with Crippen LogP contribution in [0.1, 0.15) is 36.9 Å². The lowest BCUT2D eigenvalue weighted by atomic mass is 10.0. The molecule has 1 amide bonds. The van der Waals surface area contributed by atoms with Gasteiger partial charge in [-0.15, -0.1) is 0 Å². The first kappa shape index (κ1) is 13.1. The van der Waals surface area contributed by atoms with Crippen molar-refractivity contribution in [3.05, 3.63) is 35.4 Å². The Hall–Kier alpha value is -1.35. The normalized spacial score (nSPS) is 16.3. The minimum Gasteiger partial charge on any atom is -0.348 e. The highest BCUT2D eigenvalue weighted by Crippen LogP contribution is 2.27. The summed E-state index contributed by atoms with van der Waals surface area (Å²) in [4.78, 5) is 11.8. The lowest BCUT2D eigenvalue weighted by molar-refractivity contribution is -0.120. The van der Waals surface area contributed by atoms with Gasteiger partial charge in [0.05, 0.1) is 12.6 Å². The molecule has 0 heterocycles. The third kappa shape index (κ3) is 3.84. The summed E-state index contributed by atoms with van der Waals surface area (Å²) in [5.74, 6) is 0.887. The summed E-state index contributed by atoms with van der Waals surface area (Å²) in [6.07, 6.45) is 2.63. The third-order valence-corrected chi connectivity index (χ3v) is 3.45. The number of hydrogen-bond acceptors (Lipinski definition) is 2. The fourth-order valence-corrected chi connectivity index (χ4v) is 2.15. The zero-order valence-electron chi connectivity index (χ0n) is 11.2. The van der Waals surface area contributed by atoms with E-state index < -0.39 is 0 Å². The first-order chi connectivity index (χ1) is 8.66. The smallest absolute Gasteiger partial charge is 0.234 e. The van der Waals surface area contributed by atoms with E-state index in [0.29, 0.717) is 6.54 Å². The molecule has 0 spiro atoms. The van der Waals surface area contributed by atoms with Crippen molar-refractivity contribution < 1.29 is 4.79 Å². The fourth-order valence-electron chi connectivity index (χ4n) is 2.15. The molecule has 1 aromatic rings. The Morgan fingerprint density at radius 2 is 2.11 bits per heavy atom. The van der Waals surface area contributed by atoms with Crippen molar-refractivity contribution in [2.45, 2.75) is 32.7 Å². The Kier molecular flexibility index (Phi) is 4.37. The van der Waals surface area contributed by atoms with Crippen LogP contribution in [0.3, 0.4) is 0 Å². The maximum absolute atomic E-state index is 11.8. The zero-order valence-corrected chi connectivity index (χ0v) is 11.2. The average molecular weight is 246 g/mol. The topological polar surface area (TPSA) is 41.1 Å². The summed E-state index contributed by atoms with van der Waals surface area (Å²) in [5.41, 5.74) is 2.41. The monoisotopic (exact) mass is 246 g/mol. The molecule has 1 aliphatic rings. The van der Waals surface area contributed by atoms with Crippen LogP contribution in [0.5, 0.6) is 0 Å². The molecule has 0 aromatic heterocycles. The average Bonchev–Trinajstić information content (AvgIpc) is 3.13. The van der Waals surface area contributed by atoms with Crippen LogP contribution >= 0.6 is 0 Å². The second kappa shape index (κ2) is 6.01. The van der Waals surface area contributed by atoms with Gasteiger partial charge in [-0.25, -0.2) is 0 Å². The van der Waals surface area contributed by atoms with Crippen molar-refractivity contribution in [3.63, 3.8) is 0 Å². The molecule has 1 aromatic carbocycles. The van der Waals surface area contributed by atoms with Gasteiger partial charge < -0.3 is 10.6 Å². The summed E-state index contributed by atoms with van der Waals surface area (Å²) in [5, 5.41) is 6.24. The van der Waals surface area contributed by atoms with Gasteiger partial charge in [-0.3, -0.25) is 4.79 Å². The van der Waals surface area contributed by atoms with Crippen molar-refractivity contribution in [2.24, 2.45) is 5.92 Å². The molecule has 0 saturated heterocycles. The lowest BCUT2D eigenvalue weighted by Crippen LogP contribution is -2.36. The van der Waals surface area contributed by atoms with Crippen molar-refractivity contribution in [2.75, 3.05) is 13.1 Å². The summed E-state index contributed by atoms with van der Waals surface area (Å²) in [6, 6.07) is 8.24. The first-order valence-corrected chi connectivity index (χ1v) is 6.72.